The van der Waals surface area contributed by atoms with Crippen molar-refractivity contribution >= 4 is 11.9 Å². The number of hydrogen-bond acceptors (Lipinski definition) is 2. The molecule has 1 N–H and O–H groups in total. The highest BCUT2D eigenvalue weighted by atomic mass is 16.4. The molecule has 1 saturated heterocycles. The normalized spacial score (nSPS) is 31.4. The van der Waals surface area contributed by atoms with Crippen LogP contribution in [0.3, 0.4) is 0 Å². The molecule has 20 heavy (non-hydrogen) atoms. The van der Waals surface area contributed by atoms with Crippen molar-refractivity contribution in [1.82, 2.24) is 4.90 Å². The summed E-state index contributed by atoms with van der Waals surface area (Å²) in [5, 5.41) is 9.05. The third-order valence-corrected chi connectivity index (χ3v) is 5.20. The fraction of sp³-hybridized carbons (Fsp3) is 0.750. The van der Waals surface area contributed by atoms with E-state index < -0.39 is 5.97 Å². The van der Waals surface area contributed by atoms with Crippen molar-refractivity contribution in [3.8, 4) is 0 Å². The largest absolute Gasteiger partial charge is 0.478 e. The molecular weight excluding hydrogens is 254 g/mol. The van der Waals surface area contributed by atoms with E-state index in [1.54, 1.807) is 6.92 Å². The van der Waals surface area contributed by atoms with E-state index in [1.807, 2.05) is 4.90 Å². The summed E-state index contributed by atoms with van der Waals surface area (Å²) in [6.07, 6.45) is 5.75. The summed E-state index contributed by atoms with van der Waals surface area (Å²) in [5.41, 5.74) is 0.553. The molecule has 2 fully saturated rings. The van der Waals surface area contributed by atoms with Crippen LogP contribution in [-0.4, -0.2) is 34.5 Å². The van der Waals surface area contributed by atoms with Gasteiger partial charge < -0.3 is 10.0 Å². The third-order valence-electron chi connectivity index (χ3n) is 5.20. The monoisotopic (exact) mass is 279 g/mol. The summed E-state index contributed by atoms with van der Waals surface area (Å²) in [5.74, 6) is 0.198. The van der Waals surface area contributed by atoms with E-state index in [0.29, 0.717) is 23.5 Å². The molecule has 4 heteroatoms. The van der Waals surface area contributed by atoms with Gasteiger partial charge in [-0.1, -0.05) is 19.8 Å². The van der Waals surface area contributed by atoms with Crippen LogP contribution in [0.4, 0.5) is 0 Å². The predicted octanol–water partition coefficient (Wildman–Crippen LogP) is 2.83. The van der Waals surface area contributed by atoms with Crippen LogP contribution < -0.4 is 0 Å². The molecule has 1 amide bonds. The number of rotatable bonds is 2. The van der Waals surface area contributed by atoms with Crippen molar-refractivity contribution in [3.63, 3.8) is 0 Å². The highest BCUT2D eigenvalue weighted by Crippen LogP contribution is 2.39. The number of hydrogen-bond donors (Lipinski definition) is 1. The van der Waals surface area contributed by atoms with Crippen molar-refractivity contribution in [1.29, 1.82) is 0 Å². The molecule has 3 atom stereocenters. The van der Waals surface area contributed by atoms with E-state index in [2.05, 4.69) is 6.92 Å². The second-order valence-electron chi connectivity index (χ2n) is 6.34. The number of aliphatic carboxylic acids is 1. The Bertz CT molecular complexity index is 441. The van der Waals surface area contributed by atoms with Crippen molar-refractivity contribution in [3.05, 3.63) is 11.1 Å². The maximum Gasteiger partial charge on any atom is 0.331 e. The number of carbonyl (C=O) groups excluding carboxylic acids is 1. The van der Waals surface area contributed by atoms with Gasteiger partial charge in [-0.05, 0) is 44.9 Å². The molecule has 0 radical (unpaired) electrons. The molecule has 0 spiro atoms. The molecule has 0 bridgehead atoms. The fourth-order valence-corrected chi connectivity index (χ4v) is 3.70. The first kappa shape index (κ1) is 15.1. The molecule has 3 unspecified atom stereocenters. The van der Waals surface area contributed by atoms with Crippen LogP contribution in [-0.2, 0) is 9.59 Å². The topological polar surface area (TPSA) is 57.6 Å². The second kappa shape index (κ2) is 5.98. The molecule has 2 aliphatic rings. The van der Waals surface area contributed by atoms with Crippen molar-refractivity contribution in [2.75, 3.05) is 6.54 Å². The first-order valence-electron chi connectivity index (χ1n) is 7.65. The first-order valence-corrected chi connectivity index (χ1v) is 7.65. The van der Waals surface area contributed by atoms with Crippen molar-refractivity contribution < 1.29 is 14.7 Å². The smallest absolute Gasteiger partial charge is 0.331 e. The first-order chi connectivity index (χ1) is 9.43. The third kappa shape index (κ3) is 2.74. The van der Waals surface area contributed by atoms with Crippen molar-refractivity contribution in [2.24, 2.45) is 11.8 Å². The van der Waals surface area contributed by atoms with E-state index in [0.717, 1.165) is 19.4 Å². The van der Waals surface area contributed by atoms with Gasteiger partial charge in [0.05, 0.1) is 0 Å². The zero-order chi connectivity index (χ0) is 14.9. The average molecular weight is 279 g/mol. The molecule has 1 saturated carbocycles. The highest BCUT2D eigenvalue weighted by Gasteiger charge is 2.39. The van der Waals surface area contributed by atoms with E-state index in [1.165, 1.54) is 26.2 Å². The zero-order valence-corrected chi connectivity index (χ0v) is 12.7. The second-order valence-corrected chi connectivity index (χ2v) is 6.34. The number of amides is 1. The standard InChI is InChI=1S/C16H25NO3/c1-10-8-9-17(14-7-5-4-6-13(10)14)15(18)11(2)12(3)16(19)20/h10,13-14H,4-9H2,1-3H3,(H,19,20). The number of carboxylic acid groups (broad SMARTS) is 1. The van der Waals surface area contributed by atoms with Crippen LogP contribution in [0, 0.1) is 11.8 Å². The Morgan fingerprint density at radius 3 is 2.35 bits per heavy atom. The summed E-state index contributed by atoms with van der Waals surface area (Å²) >= 11 is 0. The van der Waals surface area contributed by atoms with Gasteiger partial charge in [0.1, 0.15) is 0 Å². The Labute approximate surface area is 120 Å². The van der Waals surface area contributed by atoms with Crippen LogP contribution in [0.1, 0.15) is 52.9 Å². The molecule has 1 aliphatic heterocycles. The fourth-order valence-electron chi connectivity index (χ4n) is 3.70. The Morgan fingerprint density at radius 2 is 1.70 bits per heavy atom. The minimum Gasteiger partial charge on any atom is -0.478 e. The van der Waals surface area contributed by atoms with E-state index in [9.17, 15) is 9.59 Å². The van der Waals surface area contributed by atoms with E-state index in [4.69, 9.17) is 5.11 Å². The SMILES string of the molecule is CC(C(=O)O)=C(C)C(=O)N1CCC(C)C2CCCCC21. The van der Waals surface area contributed by atoms with Gasteiger partial charge >= 0.3 is 5.97 Å². The van der Waals surface area contributed by atoms with Gasteiger partial charge in [-0.2, -0.15) is 0 Å². The summed E-state index contributed by atoms with van der Waals surface area (Å²) in [6.45, 7) is 6.21. The molecule has 0 aromatic rings. The van der Waals surface area contributed by atoms with Crippen LogP contribution in [0.25, 0.3) is 0 Å². The predicted molar refractivity (Wildman–Crippen MR) is 77.2 cm³/mol. The van der Waals surface area contributed by atoms with Gasteiger partial charge in [-0.25, -0.2) is 4.79 Å². The summed E-state index contributed by atoms with van der Waals surface area (Å²) in [7, 11) is 0. The lowest BCUT2D eigenvalue weighted by Crippen LogP contribution is -2.52. The van der Waals surface area contributed by atoms with Gasteiger partial charge in [-0.3, -0.25) is 4.79 Å². The lowest BCUT2D eigenvalue weighted by molar-refractivity contribution is -0.137. The van der Waals surface area contributed by atoms with Gasteiger partial charge in [0.25, 0.3) is 0 Å². The number of carboxylic acids is 1. The number of likely N-dealkylation sites (tertiary alicyclic amines) is 1. The van der Waals surface area contributed by atoms with Gasteiger partial charge in [-0.15, -0.1) is 0 Å². The molecule has 4 nitrogen and oxygen atoms in total. The molecule has 0 aromatic carbocycles. The molecule has 2 rings (SSSR count). The maximum absolute atomic E-state index is 12.6. The highest BCUT2D eigenvalue weighted by molar-refractivity contribution is 6.01. The Balaban J connectivity index is 2.21. The summed E-state index contributed by atoms with van der Waals surface area (Å²) in [6, 6.07) is 0.316. The average Bonchev–Trinajstić information content (AvgIpc) is 2.45. The number of fused-ring (bicyclic) bond motifs is 1. The zero-order valence-electron chi connectivity index (χ0n) is 12.7. The lowest BCUT2D eigenvalue weighted by atomic mass is 9.72. The molecule has 0 aromatic heterocycles. The number of nitrogens with zero attached hydrogens (tertiary/aromatic N) is 1. The van der Waals surface area contributed by atoms with Crippen molar-refractivity contribution in [2.45, 2.75) is 58.9 Å². The number of carbonyl (C=O) groups is 2. The maximum atomic E-state index is 12.6. The lowest BCUT2D eigenvalue weighted by Gasteiger charge is -2.47. The Kier molecular flexibility index (Phi) is 4.51. The summed E-state index contributed by atoms with van der Waals surface area (Å²) in [4.78, 5) is 25.6. The Morgan fingerprint density at radius 1 is 1.05 bits per heavy atom. The van der Waals surface area contributed by atoms with Crippen LogP contribution in [0.5, 0.6) is 0 Å². The van der Waals surface area contributed by atoms with Crippen LogP contribution >= 0.6 is 0 Å². The minimum atomic E-state index is -0.999. The molecule has 1 heterocycles. The quantitative estimate of drug-likeness (QED) is 0.791. The Hall–Kier alpha value is -1.32. The summed E-state index contributed by atoms with van der Waals surface area (Å²) < 4.78 is 0. The number of piperidine rings is 1. The molecule has 112 valence electrons. The van der Waals surface area contributed by atoms with Gasteiger partial charge in [0.15, 0.2) is 0 Å². The van der Waals surface area contributed by atoms with E-state index >= 15 is 0 Å². The van der Waals surface area contributed by atoms with Gasteiger partial charge in [0, 0.05) is 23.7 Å². The minimum absolute atomic E-state index is 0.0753. The van der Waals surface area contributed by atoms with E-state index in [-0.39, 0.29) is 11.5 Å². The molecule has 1 aliphatic carbocycles. The molecular formula is C16H25NO3. The van der Waals surface area contributed by atoms with Crippen LogP contribution in [0.15, 0.2) is 11.1 Å². The van der Waals surface area contributed by atoms with Gasteiger partial charge in [0.2, 0.25) is 5.91 Å². The van der Waals surface area contributed by atoms with Crippen LogP contribution in [0.2, 0.25) is 0 Å².